The number of carboxylic acid groups (broad SMARTS) is 1. The number of hydrazine groups is 1. The fourth-order valence-electron chi connectivity index (χ4n) is 16.7. The lowest BCUT2D eigenvalue weighted by atomic mass is 9.84. The third kappa shape index (κ3) is 49.8. The molecule has 150 heavy (non-hydrogen) atoms. The molecule has 0 radical (unpaired) electrons. The number of H-pyrrole nitrogens is 1. The summed E-state index contributed by atoms with van der Waals surface area (Å²) in [6, 6.07) is 5.15. The molecule has 0 aliphatic carbocycles. The van der Waals surface area contributed by atoms with E-state index in [0.29, 0.717) is 46.9 Å². The second-order valence-electron chi connectivity index (χ2n) is 40.5. The SMILES string of the molecule is CC(=O)N[C@@H](CC(C)C)C(=O)N[C@H](C(=O)N[C@@H](Cc1ccccc1)C(=O)N[C@](C)(CCCCCCCCCCC[C@@H](C)C(=O)CN[C@@H](C)C(=O)CCN[C@@H](C)C(=O)CCC(=O)[C@H](C)NCCC(=O)[C@H](C)NCCC(=O)[C@H](C)NCN[C@H](C)C(N)=O)C(=O)C(=O)[C@H](CCC(=O)O)NC(=O)[C@H](Cc1ccc(O)cc1)NN[C@@H](Cc1c[nH]c2ccccc12)C(=O)CC(=O)[C@H](C)NCN[C@@H](CCC(N)=O)C(=O)N[C@@H](CC(C)C)C(N)=O)[C@@H](C)O. The first-order chi connectivity index (χ1) is 70.8. The van der Waals surface area contributed by atoms with E-state index < -0.39 is 204 Å². The van der Waals surface area contributed by atoms with E-state index in [1.54, 1.807) is 116 Å². The summed E-state index contributed by atoms with van der Waals surface area (Å²) in [7, 11) is 0. The number of ketones is 10. The first-order valence-corrected chi connectivity index (χ1v) is 52.4. The Balaban J connectivity index is 1.48. The zero-order valence-corrected chi connectivity index (χ0v) is 89.9. The number of aromatic hydroxyl groups is 1. The van der Waals surface area contributed by atoms with Gasteiger partial charge in [-0.05, 0) is 160 Å². The number of aliphatic hydroxyl groups excluding tert-OH is 1. The number of aliphatic hydroxyl groups is 1. The maximum Gasteiger partial charge on any atom is 0.303 e. The van der Waals surface area contributed by atoms with Crippen LogP contribution in [0.2, 0.25) is 0 Å². The van der Waals surface area contributed by atoms with Crippen molar-refractivity contribution in [2.75, 3.05) is 39.5 Å². The zero-order chi connectivity index (χ0) is 112. The van der Waals surface area contributed by atoms with Gasteiger partial charge < -0.3 is 90.7 Å². The molecule has 4 rings (SSSR count). The average Bonchev–Trinajstić information content (AvgIpc) is 0.838. The summed E-state index contributed by atoms with van der Waals surface area (Å²) in [6.07, 6.45) is 3.89. The third-order valence-electron chi connectivity index (χ3n) is 26.5. The number of phenolic OH excluding ortho intramolecular Hbond substituents is 1. The van der Waals surface area contributed by atoms with Gasteiger partial charge in [0.15, 0.2) is 28.9 Å². The standard InChI is InChI=1S/C107H168N20O23/c1-62(2)52-83(101(110)145)122-102(146)81(39-43-95(108)139)119-61-117-70(11)92(136)57-93(137)82(56-76-58-115-79-34-28-27-33-78(76)79)126-127-86(55-75-35-37-77(130)38-36-75)104(148)121-80(40-44-96(140)141)98(142)99(143)107(15,125-105(149)85(54-74-31-25-23-26-32-74)123-106(150)97(72(13)128)124-103(147)84(53-63(3)4)120-73(14)129)48-29-22-20-18-16-17-19-21-24-30-64(5)94(138)59-114-68(9)90(134)46-50-112-66(7)88(132)42-41-87(131)65(6)111-49-45-89(133)67(8)113-51-47-91(135)69(10)116-60-118-71(12)100(109)144/h23,25-28,31-38,58,62-72,80-86,97,111-119,126-128,130H,16-22,24,29-30,39-57,59-61H2,1-15H3,(H2,108,139)(H2,109,144)(H2,110,145)(H,120,129)(H,121,148)(H,122,146)(H,123,150)(H,124,147)(H,125,149)(H,140,141)/t64-,65+,66+,67+,68+,69+,70+,71-,72-,80+,81+,82+,83+,84+,85+,86+,97+,107-/m1/s1. The van der Waals surface area contributed by atoms with E-state index in [2.05, 4.69) is 90.3 Å². The molecule has 0 aliphatic rings. The molecule has 834 valence electrons. The number of phenols is 1. The fourth-order valence-corrected chi connectivity index (χ4v) is 16.7. The Bertz CT molecular complexity index is 5080. The number of fused-ring (bicyclic) bond motifs is 1. The monoisotopic (exact) mass is 2100 g/mol. The molecule has 0 bridgehead atoms. The van der Waals surface area contributed by atoms with Crippen molar-refractivity contribution >= 4 is 128 Å². The summed E-state index contributed by atoms with van der Waals surface area (Å²) in [6.45, 7) is 24.9. The van der Waals surface area contributed by atoms with E-state index in [4.69, 9.17) is 17.2 Å². The number of hydrogen-bond acceptors (Lipinski definition) is 32. The lowest BCUT2D eigenvalue weighted by Crippen LogP contribution is -2.64. The van der Waals surface area contributed by atoms with Crippen molar-refractivity contribution < 1.29 is 111 Å². The highest BCUT2D eigenvalue weighted by atomic mass is 16.4. The van der Waals surface area contributed by atoms with E-state index in [-0.39, 0.29) is 188 Å². The van der Waals surface area contributed by atoms with Crippen LogP contribution in [0.4, 0.5) is 0 Å². The number of aromatic amines is 1. The quantitative estimate of drug-likeness (QED) is 0.00991. The lowest BCUT2D eigenvalue weighted by Gasteiger charge is -2.33. The number of carbonyl (C=O) groups is 20. The van der Waals surface area contributed by atoms with Gasteiger partial charge in [-0.2, -0.15) is 0 Å². The molecule has 9 amide bonds. The Kier molecular flexibility index (Phi) is 59.7. The van der Waals surface area contributed by atoms with E-state index >= 15 is 19.2 Å². The molecule has 1 heterocycles. The van der Waals surface area contributed by atoms with E-state index in [0.717, 1.165) is 38.5 Å². The van der Waals surface area contributed by atoms with Crippen molar-refractivity contribution in [2.45, 2.75) is 373 Å². The predicted molar refractivity (Wildman–Crippen MR) is 566 cm³/mol. The number of unbranched alkanes of at least 4 members (excludes halogenated alkanes) is 8. The van der Waals surface area contributed by atoms with Crippen LogP contribution in [0.15, 0.2) is 85.1 Å². The number of primary amides is 3. The number of rotatable bonds is 84. The van der Waals surface area contributed by atoms with Crippen LogP contribution < -0.4 is 102 Å². The average molecular weight is 2100 g/mol. The normalized spacial score (nSPS) is 15.4. The van der Waals surface area contributed by atoms with Gasteiger partial charge in [-0.15, -0.1) is 0 Å². The summed E-state index contributed by atoms with van der Waals surface area (Å²) in [5, 5.41) is 72.1. The van der Waals surface area contributed by atoms with E-state index in [1.807, 2.05) is 20.8 Å². The Morgan fingerprint density at radius 2 is 0.840 bits per heavy atom. The molecule has 0 spiro atoms. The zero-order valence-electron chi connectivity index (χ0n) is 89.9. The smallest absolute Gasteiger partial charge is 0.303 e. The number of nitrogens with two attached hydrogens (primary N) is 3. The van der Waals surface area contributed by atoms with Crippen molar-refractivity contribution in [3.05, 3.63) is 102 Å². The minimum atomic E-state index is -2.20. The molecular weight excluding hydrogens is 1930 g/mol. The van der Waals surface area contributed by atoms with Crippen molar-refractivity contribution in [2.24, 2.45) is 35.0 Å². The summed E-state index contributed by atoms with van der Waals surface area (Å²) in [4.78, 5) is 274. The number of aliphatic carboxylic acids is 1. The number of carbonyl (C=O) groups excluding carboxylic acids is 19. The van der Waals surface area contributed by atoms with Crippen molar-refractivity contribution in [3.63, 3.8) is 0 Å². The highest BCUT2D eigenvalue weighted by molar-refractivity contribution is 6.43. The first kappa shape index (κ1) is 130. The summed E-state index contributed by atoms with van der Waals surface area (Å²) >= 11 is 0. The molecule has 18 atom stereocenters. The molecule has 0 saturated carbocycles. The maximum atomic E-state index is 15.7. The Labute approximate surface area is 880 Å². The van der Waals surface area contributed by atoms with Crippen LogP contribution in [-0.2, 0) is 115 Å². The van der Waals surface area contributed by atoms with Gasteiger partial charge in [0.1, 0.15) is 58.8 Å². The summed E-state index contributed by atoms with van der Waals surface area (Å²) < 4.78 is 0. The fraction of sp³-hybridized carbons (Fsp3) is 0.626. The van der Waals surface area contributed by atoms with Crippen LogP contribution >= 0.6 is 0 Å². The molecule has 0 fully saturated rings. The number of amides is 9. The van der Waals surface area contributed by atoms with Crippen LogP contribution in [0, 0.1) is 17.8 Å². The molecule has 3 aromatic carbocycles. The maximum absolute atomic E-state index is 15.7. The molecule has 43 nitrogen and oxygen atoms in total. The van der Waals surface area contributed by atoms with Crippen LogP contribution in [0.1, 0.15) is 268 Å². The number of Topliss-reactive ketones (excluding diaryl/α,β-unsaturated/α-hetero) is 10. The summed E-state index contributed by atoms with van der Waals surface area (Å²) in [5.74, 6) is -14.0. The van der Waals surface area contributed by atoms with Crippen molar-refractivity contribution in [1.82, 2.24) is 90.3 Å². The highest BCUT2D eigenvalue weighted by Gasteiger charge is 2.45. The molecule has 4 aromatic rings. The summed E-state index contributed by atoms with van der Waals surface area (Å²) in [5.41, 5.74) is 22.1. The Hall–Kier alpha value is -12.0. The molecule has 1 aromatic heterocycles. The van der Waals surface area contributed by atoms with Gasteiger partial charge in [-0.1, -0.05) is 153 Å². The van der Waals surface area contributed by atoms with Crippen LogP contribution in [-0.4, -0.2) is 279 Å². The van der Waals surface area contributed by atoms with Gasteiger partial charge in [-0.25, -0.2) is 10.9 Å². The first-order valence-electron chi connectivity index (χ1n) is 52.4. The van der Waals surface area contributed by atoms with Crippen molar-refractivity contribution in [1.29, 1.82) is 0 Å². The number of nitrogens with one attached hydrogen (secondary N) is 17. The van der Waals surface area contributed by atoms with Gasteiger partial charge in [0.2, 0.25) is 64.7 Å². The molecule has 26 N–H and O–H groups in total. The lowest BCUT2D eigenvalue weighted by molar-refractivity contribution is -0.145. The van der Waals surface area contributed by atoms with Gasteiger partial charge in [0.05, 0.1) is 79.5 Å². The Morgan fingerprint density at radius 3 is 1.37 bits per heavy atom. The predicted octanol–water partition coefficient (Wildman–Crippen LogP) is 2.30. The van der Waals surface area contributed by atoms with Gasteiger partial charge in [-0.3, -0.25) is 117 Å². The van der Waals surface area contributed by atoms with Crippen LogP contribution in [0.25, 0.3) is 10.9 Å². The van der Waals surface area contributed by atoms with E-state index in [9.17, 15) is 92.0 Å². The van der Waals surface area contributed by atoms with Crippen molar-refractivity contribution in [3.8, 4) is 5.75 Å². The topological polar surface area (TPSA) is 688 Å². The molecule has 43 heteroatoms. The number of hydrogen-bond donors (Lipinski definition) is 23. The number of benzene rings is 3. The van der Waals surface area contributed by atoms with Gasteiger partial charge in [0.25, 0.3) is 0 Å². The second-order valence-corrected chi connectivity index (χ2v) is 40.5. The molecule has 0 saturated heterocycles. The van der Waals surface area contributed by atoms with Crippen LogP contribution in [0.3, 0.4) is 0 Å². The third-order valence-corrected chi connectivity index (χ3v) is 26.5. The molecule has 0 aliphatic heterocycles. The minimum absolute atomic E-state index is 0.0287. The second kappa shape index (κ2) is 68.7. The van der Waals surface area contributed by atoms with Gasteiger partial charge >= 0.3 is 5.97 Å². The number of aromatic nitrogens is 1. The minimum Gasteiger partial charge on any atom is -0.508 e. The number of carboxylic acids is 1. The highest BCUT2D eigenvalue weighted by Crippen LogP contribution is 2.25. The number of para-hydroxylation sites is 1. The van der Waals surface area contributed by atoms with E-state index in [1.165, 1.54) is 52.0 Å². The van der Waals surface area contributed by atoms with Crippen LogP contribution in [0.5, 0.6) is 5.75 Å². The molecular formula is C107H168N20O23. The Morgan fingerprint density at radius 1 is 0.387 bits per heavy atom. The van der Waals surface area contributed by atoms with Gasteiger partial charge in [0, 0.05) is 114 Å². The largest absolute Gasteiger partial charge is 0.508 e. The molecule has 0 unspecified atom stereocenters.